The van der Waals surface area contributed by atoms with Crippen molar-refractivity contribution in [2.24, 2.45) is 5.73 Å². The Kier molecular flexibility index (Phi) is 3.15. The average Bonchev–Trinajstić information content (AvgIpc) is 3.16. The van der Waals surface area contributed by atoms with E-state index in [0.717, 1.165) is 18.4 Å². The summed E-state index contributed by atoms with van der Waals surface area (Å²) in [5.41, 5.74) is 7.02. The predicted molar refractivity (Wildman–Crippen MR) is 73.2 cm³/mol. The van der Waals surface area contributed by atoms with Gasteiger partial charge in [-0.15, -0.1) is 0 Å². The van der Waals surface area contributed by atoms with E-state index in [1.54, 1.807) is 7.11 Å². The lowest BCUT2D eigenvalue weighted by molar-refractivity contribution is -0.129. The molecule has 1 aromatic carbocycles. The van der Waals surface area contributed by atoms with Gasteiger partial charge >= 0.3 is 0 Å². The van der Waals surface area contributed by atoms with Gasteiger partial charge in [-0.25, -0.2) is 0 Å². The van der Waals surface area contributed by atoms with E-state index in [-0.39, 0.29) is 18.0 Å². The summed E-state index contributed by atoms with van der Waals surface area (Å²) < 4.78 is 5.39. The molecule has 0 radical (unpaired) electrons. The molecule has 2 unspecified atom stereocenters. The van der Waals surface area contributed by atoms with Crippen LogP contribution < -0.4 is 10.5 Å². The van der Waals surface area contributed by atoms with E-state index in [0.29, 0.717) is 23.2 Å². The van der Waals surface area contributed by atoms with E-state index < -0.39 is 0 Å². The largest absolute Gasteiger partial charge is 0.496 e. The summed E-state index contributed by atoms with van der Waals surface area (Å²) in [5.74, 6) is 0.829. The topological polar surface area (TPSA) is 55.6 Å². The summed E-state index contributed by atoms with van der Waals surface area (Å²) in [5, 5.41) is 0.611. The fourth-order valence-corrected chi connectivity index (χ4v) is 3.18. The SMILES string of the molecule is COc1cccc(Cl)c1C1C(N)CC(=O)N1C1CC1. The number of benzene rings is 1. The van der Waals surface area contributed by atoms with Gasteiger partial charge in [0.25, 0.3) is 0 Å². The molecule has 0 aromatic heterocycles. The van der Waals surface area contributed by atoms with Crippen LogP contribution in [0.3, 0.4) is 0 Å². The van der Waals surface area contributed by atoms with Crippen LogP contribution in [0, 0.1) is 0 Å². The number of methoxy groups -OCH3 is 1. The van der Waals surface area contributed by atoms with Crippen LogP contribution in [0.2, 0.25) is 5.02 Å². The summed E-state index contributed by atoms with van der Waals surface area (Å²) in [6.45, 7) is 0. The fraction of sp³-hybridized carbons (Fsp3) is 0.500. The fourth-order valence-electron chi connectivity index (χ4n) is 2.90. The summed E-state index contributed by atoms with van der Waals surface area (Å²) in [4.78, 5) is 14.0. The van der Waals surface area contributed by atoms with E-state index >= 15 is 0 Å². The van der Waals surface area contributed by atoms with E-state index in [1.807, 2.05) is 23.1 Å². The Labute approximate surface area is 117 Å². The number of hydrogen-bond acceptors (Lipinski definition) is 3. The Balaban J connectivity index is 2.06. The molecule has 1 amide bonds. The highest BCUT2D eigenvalue weighted by Gasteiger charge is 2.47. The first-order chi connectivity index (χ1) is 9.13. The smallest absolute Gasteiger partial charge is 0.225 e. The van der Waals surface area contributed by atoms with E-state index in [9.17, 15) is 4.79 Å². The lowest BCUT2D eigenvalue weighted by Crippen LogP contribution is -2.35. The summed E-state index contributed by atoms with van der Waals surface area (Å²) in [6.07, 6.45) is 2.50. The zero-order valence-corrected chi connectivity index (χ0v) is 11.6. The number of carbonyl (C=O) groups is 1. The van der Waals surface area contributed by atoms with Crippen molar-refractivity contribution < 1.29 is 9.53 Å². The number of ether oxygens (including phenoxy) is 1. The monoisotopic (exact) mass is 280 g/mol. The molecule has 1 heterocycles. The van der Waals surface area contributed by atoms with Gasteiger partial charge < -0.3 is 15.4 Å². The van der Waals surface area contributed by atoms with Gasteiger partial charge in [0.05, 0.1) is 13.2 Å². The number of nitrogens with two attached hydrogens (primary N) is 1. The van der Waals surface area contributed by atoms with Crippen LogP contribution in [-0.2, 0) is 4.79 Å². The van der Waals surface area contributed by atoms with Crippen molar-refractivity contribution in [3.05, 3.63) is 28.8 Å². The second kappa shape index (κ2) is 4.69. The number of carbonyl (C=O) groups excluding carboxylic acids is 1. The van der Waals surface area contributed by atoms with Crippen molar-refractivity contribution >= 4 is 17.5 Å². The van der Waals surface area contributed by atoms with Gasteiger partial charge in [-0.1, -0.05) is 17.7 Å². The summed E-state index contributed by atoms with van der Waals surface area (Å²) >= 11 is 6.32. The van der Waals surface area contributed by atoms with E-state index in [2.05, 4.69) is 0 Å². The maximum atomic E-state index is 12.1. The molecule has 0 bridgehead atoms. The molecule has 5 heteroatoms. The number of rotatable bonds is 3. The highest BCUT2D eigenvalue weighted by Crippen LogP contribution is 2.45. The number of likely N-dealkylation sites (tertiary alicyclic amines) is 1. The normalized spacial score (nSPS) is 26.9. The average molecular weight is 281 g/mol. The molecule has 2 atom stereocenters. The summed E-state index contributed by atoms with van der Waals surface area (Å²) in [7, 11) is 1.61. The minimum atomic E-state index is -0.220. The summed E-state index contributed by atoms with van der Waals surface area (Å²) in [6, 6.07) is 5.47. The molecule has 0 spiro atoms. The van der Waals surface area contributed by atoms with Crippen LogP contribution in [0.5, 0.6) is 5.75 Å². The van der Waals surface area contributed by atoms with Gasteiger partial charge in [0.1, 0.15) is 5.75 Å². The maximum Gasteiger partial charge on any atom is 0.225 e. The van der Waals surface area contributed by atoms with Gasteiger partial charge in [-0.3, -0.25) is 4.79 Å². The first-order valence-corrected chi connectivity index (χ1v) is 6.90. The highest BCUT2D eigenvalue weighted by molar-refractivity contribution is 6.31. The molecular weight excluding hydrogens is 264 g/mol. The molecular formula is C14H17ClN2O2. The predicted octanol–water partition coefficient (Wildman–Crippen LogP) is 2.11. The Morgan fingerprint density at radius 2 is 2.16 bits per heavy atom. The standard InChI is InChI=1S/C14H17ClN2O2/c1-19-11-4-2-3-9(15)13(11)14-10(16)7-12(18)17(14)8-5-6-8/h2-4,8,10,14H,5-7,16H2,1H3. The Bertz CT molecular complexity index is 516. The second-order valence-corrected chi connectivity index (χ2v) is 5.61. The van der Waals surface area contributed by atoms with Gasteiger partial charge in [-0.2, -0.15) is 0 Å². The number of halogens is 1. The third-order valence-corrected chi connectivity index (χ3v) is 4.20. The molecule has 2 N–H and O–H groups in total. The highest BCUT2D eigenvalue weighted by atomic mass is 35.5. The van der Waals surface area contributed by atoms with Gasteiger partial charge in [0.2, 0.25) is 5.91 Å². The maximum absolute atomic E-state index is 12.1. The number of nitrogens with zero attached hydrogens (tertiary/aromatic N) is 1. The minimum absolute atomic E-state index is 0.127. The third kappa shape index (κ3) is 2.09. The molecule has 2 aliphatic rings. The molecule has 2 fully saturated rings. The van der Waals surface area contributed by atoms with Crippen molar-refractivity contribution in [1.29, 1.82) is 0 Å². The molecule has 1 aliphatic heterocycles. The molecule has 1 saturated heterocycles. The van der Waals surface area contributed by atoms with Crippen molar-refractivity contribution in [3.63, 3.8) is 0 Å². The zero-order chi connectivity index (χ0) is 13.6. The number of amides is 1. The molecule has 4 nitrogen and oxygen atoms in total. The quantitative estimate of drug-likeness (QED) is 0.923. The van der Waals surface area contributed by atoms with Crippen LogP contribution in [0.25, 0.3) is 0 Å². The Hall–Kier alpha value is -1.26. The number of hydrogen-bond donors (Lipinski definition) is 1. The first-order valence-electron chi connectivity index (χ1n) is 6.52. The van der Waals surface area contributed by atoms with E-state index in [4.69, 9.17) is 22.1 Å². The zero-order valence-electron chi connectivity index (χ0n) is 10.8. The van der Waals surface area contributed by atoms with Crippen LogP contribution in [-0.4, -0.2) is 30.0 Å². The minimum Gasteiger partial charge on any atom is -0.496 e. The first kappa shape index (κ1) is 12.8. The van der Waals surface area contributed by atoms with Gasteiger partial charge in [0.15, 0.2) is 0 Å². The molecule has 1 saturated carbocycles. The molecule has 1 aromatic rings. The molecule has 3 rings (SSSR count). The van der Waals surface area contributed by atoms with Crippen molar-refractivity contribution in [2.75, 3.05) is 7.11 Å². The lowest BCUT2D eigenvalue weighted by atomic mass is 9.99. The van der Waals surface area contributed by atoms with Crippen LogP contribution in [0.4, 0.5) is 0 Å². The Morgan fingerprint density at radius 1 is 1.42 bits per heavy atom. The molecule has 19 heavy (non-hydrogen) atoms. The van der Waals surface area contributed by atoms with Crippen molar-refractivity contribution in [2.45, 2.75) is 37.4 Å². The van der Waals surface area contributed by atoms with Crippen molar-refractivity contribution in [3.8, 4) is 5.75 Å². The lowest BCUT2D eigenvalue weighted by Gasteiger charge is -2.29. The molecule has 102 valence electrons. The van der Waals surface area contributed by atoms with Crippen molar-refractivity contribution in [1.82, 2.24) is 4.90 Å². The molecule has 1 aliphatic carbocycles. The Morgan fingerprint density at radius 3 is 2.79 bits per heavy atom. The second-order valence-electron chi connectivity index (χ2n) is 5.20. The third-order valence-electron chi connectivity index (χ3n) is 3.87. The van der Waals surface area contributed by atoms with Crippen LogP contribution in [0.15, 0.2) is 18.2 Å². The van der Waals surface area contributed by atoms with Crippen LogP contribution >= 0.6 is 11.6 Å². The van der Waals surface area contributed by atoms with Gasteiger partial charge in [-0.05, 0) is 25.0 Å². The van der Waals surface area contributed by atoms with Gasteiger partial charge in [0, 0.05) is 29.1 Å². The van der Waals surface area contributed by atoms with E-state index in [1.165, 1.54) is 0 Å². The van der Waals surface area contributed by atoms with Crippen LogP contribution in [0.1, 0.15) is 30.9 Å².